The van der Waals surface area contributed by atoms with E-state index in [4.69, 9.17) is 9.47 Å². The van der Waals surface area contributed by atoms with E-state index in [9.17, 15) is 14.4 Å². The minimum absolute atomic E-state index is 0.152. The van der Waals surface area contributed by atoms with Gasteiger partial charge in [-0.05, 0) is 85.0 Å². The van der Waals surface area contributed by atoms with Gasteiger partial charge in [-0.25, -0.2) is 9.69 Å². The first-order valence-corrected chi connectivity index (χ1v) is 11.8. The minimum atomic E-state index is -0.779. The molecule has 1 heterocycles. The van der Waals surface area contributed by atoms with Gasteiger partial charge < -0.3 is 9.47 Å². The van der Waals surface area contributed by atoms with E-state index in [-0.39, 0.29) is 12.3 Å². The summed E-state index contributed by atoms with van der Waals surface area (Å²) in [5, 5.41) is 0. The first kappa shape index (κ1) is 28.1. The standard InChI is InChI=1S/C25H38BrNO5/c1-11-15(3)21-18(13-17(26)12-2)16(4)19(22(29)31-24(5,6)7)14-20(28)27(21)23(30)32-25(8,9)10/h12-13,16,19H,11,14H2,1-10H3. The molecule has 2 amide bonds. The zero-order chi connectivity index (χ0) is 25.0. The largest absolute Gasteiger partial charge is 0.460 e. The molecular weight excluding hydrogens is 474 g/mol. The molecule has 1 aliphatic rings. The molecule has 2 atom stereocenters. The highest BCUT2D eigenvalue weighted by Gasteiger charge is 2.44. The summed E-state index contributed by atoms with van der Waals surface area (Å²) in [6, 6.07) is 0. The lowest BCUT2D eigenvalue weighted by atomic mass is 9.83. The predicted molar refractivity (Wildman–Crippen MR) is 130 cm³/mol. The van der Waals surface area contributed by atoms with Gasteiger partial charge in [0.2, 0.25) is 5.91 Å². The van der Waals surface area contributed by atoms with Gasteiger partial charge >= 0.3 is 12.1 Å². The van der Waals surface area contributed by atoms with Crippen molar-refractivity contribution in [3.05, 3.63) is 33.5 Å². The summed E-state index contributed by atoms with van der Waals surface area (Å²) in [7, 11) is 0. The third kappa shape index (κ3) is 7.61. The number of halogens is 1. The van der Waals surface area contributed by atoms with Crippen LogP contribution in [0.4, 0.5) is 4.79 Å². The third-order valence-corrected chi connectivity index (χ3v) is 5.71. The van der Waals surface area contributed by atoms with Gasteiger partial charge in [0.15, 0.2) is 0 Å². The molecular formula is C25H38BrNO5. The molecule has 0 bridgehead atoms. The lowest BCUT2D eigenvalue weighted by Gasteiger charge is -2.29. The van der Waals surface area contributed by atoms with Crippen LogP contribution >= 0.6 is 15.9 Å². The van der Waals surface area contributed by atoms with Crippen LogP contribution in [0.15, 0.2) is 33.5 Å². The van der Waals surface area contributed by atoms with Gasteiger partial charge in [-0.1, -0.05) is 35.9 Å². The van der Waals surface area contributed by atoms with Gasteiger partial charge in [-0.15, -0.1) is 0 Å². The molecule has 1 rings (SSSR count). The van der Waals surface area contributed by atoms with Crippen molar-refractivity contribution in [3.63, 3.8) is 0 Å². The summed E-state index contributed by atoms with van der Waals surface area (Å²) in [5.74, 6) is -2.05. The van der Waals surface area contributed by atoms with E-state index in [1.54, 1.807) is 41.5 Å². The maximum atomic E-state index is 13.4. The van der Waals surface area contributed by atoms with Crippen molar-refractivity contribution in [2.45, 2.75) is 93.3 Å². The number of likely N-dealkylation sites (tertiary alicyclic amines) is 1. The van der Waals surface area contributed by atoms with Crippen LogP contribution in [0, 0.1) is 11.8 Å². The van der Waals surface area contributed by atoms with Crippen molar-refractivity contribution in [2.75, 3.05) is 0 Å². The number of nitrogens with zero attached hydrogens (tertiary/aromatic N) is 1. The van der Waals surface area contributed by atoms with Gasteiger partial charge in [0, 0.05) is 10.9 Å². The summed E-state index contributed by atoms with van der Waals surface area (Å²) in [6.45, 7) is 18.3. The molecule has 7 heteroatoms. The van der Waals surface area contributed by atoms with Crippen molar-refractivity contribution in [3.8, 4) is 0 Å². The number of allylic oxidation sites excluding steroid dienone is 5. The number of amides is 2. The highest BCUT2D eigenvalue weighted by molar-refractivity contribution is 9.11. The van der Waals surface area contributed by atoms with Crippen LogP contribution in [-0.4, -0.2) is 34.1 Å². The minimum Gasteiger partial charge on any atom is -0.460 e. The zero-order valence-corrected chi connectivity index (χ0v) is 22.7. The van der Waals surface area contributed by atoms with Crippen molar-refractivity contribution in [1.82, 2.24) is 4.90 Å². The van der Waals surface area contributed by atoms with Crippen LogP contribution in [-0.2, 0) is 19.1 Å². The average Bonchev–Trinajstić information content (AvgIpc) is 2.73. The highest BCUT2D eigenvalue weighted by Crippen LogP contribution is 2.40. The van der Waals surface area contributed by atoms with Crippen molar-refractivity contribution >= 4 is 33.9 Å². The monoisotopic (exact) mass is 511 g/mol. The Hall–Kier alpha value is -1.89. The molecule has 0 aromatic rings. The van der Waals surface area contributed by atoms with Crippen LogP contribution in [0.5, 0.6) is 0 Å². The topological polar surface area (TPSA) is 72.9 Å². The van der Waals surface area contributed by atoms with Crippen LogP contribution in [0.1, 0.15) is 82.1 Å². The molecule has 6 nitrogen and oxygen atoms in total. The summed E-state index contributed by atoms with van der Waals surface area (Å²) >= 11 is 3.52. The van der Waals surface area contributed by atoms with Gasteiger partial charge in [-0.3, -0.25) is 9.59 Å². The number of imide groups is 1. The molecule has 32 heavy (non-hydrogen) atoms. The molecule has 0 saturated carbocycles. The van der Waals surface area contributed by atoms with Crippen molar-refractivity contribution < 1.29 is 23.9 Å². The summed E-state index contributed by atoms with van der Waals surface area (Å²) in [6.07, 6.45) is 3.46. The molecule has 0 spiro atoms. The molecule has 1 fully saturated rings. The summed E-state index contributed by atoms with van der Waals surface area (Å²) in [5.41, 5.74) is 0.580. The van der Waals surface area contributed by atoms with Crippen LogP contribution in [0.2, 0.25) is 0 Å². The smallest absolute Gasteiger partial charge is 0.421 e. The molecule has 0 radical (unpaired) electrons. The molecule has 1 saturated heterocycles. The molecule has 0 N–H and O–H groups in total. The number of esters is 1. The molecule has 180 valence electrons. The van der Waals surface area contributed by atoms with Gasteiger partial charge in [0.05, 0.1) is 11.6 Å². The van der Waals surface area contributed by atoms with Crippen LogP contribution < -0.4 is 0 Å². The zero-order valence-electron chi connectivity index (χ0n) is 21.1. The summed E-state index contributed by atoms with van der Waals surface area (Å²) < 4.78 is 12.0. The molecule has 2 unspecified atom stereocenters. The summed E-state index contributed by atoms with van der Waals surface area (Å²) in [4.78, 5) is 40.8. The van der Waals surface area contributed by atoms with Crippen molar-refractivity contribution in [1.29, 1.82) is 0 Å². The quantitative estimate of drug-likeness (QED) is 0.396. The van der Waals surface area contributed by atoms with E-state index in [1.165, 1.54) is 0 Å². The number of carbonyl (C=O) groups excluding carboxylic acids is 3. The van der Waals surface area contributed by atoms with Gasteiger partial charge in [0.25, 0.3) is 0 Å². The lowest BCUT2D eigenvalue weighted by Crippen LogP contribution is -2.40. The Bertz CT molecular complexity index is 839. The fourth-order valence-corrected chi connectivity index (χ4v) is 3.59. The van der Waals surface area contributed by atoms with E-state index in [2.05, 4.69) is 15.9 Å². The normalized spacial score (nSPS) is 23.7. The maximum absolute atomic E-state index is 13.4. The number of carbonyl (C=O) groups is 3. The second-order valence-corrected chi connectivity index (χ2v) is 11.0. The van der Waals surface area contributed by atoms with Gasteiger partial charge in [-0.2, -0.15) is 0 Å². The third-order valence-electron chi connectivity index (χ3n) is 5.02. The van der Waals surface area contributed by atoms with E-state index in [0.29, 0.717) is 17.7 Å². The molecule has 0 aliphatic carbocycles. The van der Waals surface area contributed by atoms with E-state index in [0.717, 1.165) is 15.0 Å². The number of ether oxygens (including phenoxy) is 2. The second-order valence-electron chi connectivity index (χ2n) is 10.1. The van der Waals surface area contributed by atoms with E-state index < -0.39 is 35.1 Å². The van der Waals surface area contributed by atoms with E-state index in [1.807, 2.05) is 39.8 Å². The number of hydrogen-bond donors (Lipinski definition) is 0. The van der Waals surface area contributed by atoms with Gasteiger partial charge in [0.1, 0.15) is 11.2 Å². The Morgan fingerprint density at radius 3 is 2.09 bits per heavy atom. The highest BCUT2D eigenvalue weighted by atomic mass is 79.9. The Morgan fingerprint density at radius 1 is 1.12 bits per heavy atom. The first-order chi connectivity index (χ1) is 14.5. The number of hydrogen-bond acceptors (Lipinski definition) is 5. The first-order valence-electron chi connectivity index (χ1n) is 11.0. The molecule has 0 aromatic carbocycles. The Balaban J connectivity index is 3.78. The fourth-order valence-electron chi connectivity index (χ4n) is 3.34. The number of rotatable bonds is 3. The molecule has 0 aromatic heterocycles. The SMILES string of the molecule is CC=C(Br)C=C1C(=C(C)CC)N(C(=O)OC(C)(C)C)C(=O)CC(C(=O)OC(C)(C)C)C1C. The van der Waals surface area contributed by atoms with Crippen LogP contribution in [0.25, 0.3) is 0 Å². The predicted octanol–water partition coefficient (Wildman–Crippen LogP) is 6.66. The average molecular weight is 512 g/mol. The van der Waals surface area contributed by atoms with Crippen LogP contribution in [0.3, 0.4) is 0 Å². The Kier molecular flexibility index (Phi) is 9.51. The Labute approximate surface area is 201 Å². The second kappa shape index (κ2) is 10.8. The Morgan fingerprint density at radius 2 is 1.66 bits per heavy atom. The van der Waals surface area contributed by atoms with Crippen molar-refractivity contribution in [2.24, 2.45) is 11.8 Å². The molecule has 1 aliphatic heterocycles. The lowest BCUT2D eigenvalue weighted by molar-refractivity contribution is -0.162. The van der Waals surface area contributed by atoms with E-state index >= 15 is 0 Å². The fraction of sp³-hybridized carbons (Fsp3) is 0.640. The maximum Gasteiger partial charge on any atom is 0.421 e.